The largest absolute Gasteiger partial charge is 0.450 e. The van der Waals surface area contributed by atoms with Crippen molar-refractivity contribution in [2.24, 2.45) is 0 Å². The maximum atomic E-state index is 13.2. The normalized spacial score (nSPS) is 23.2. The molecule has 2 aliphatic heterocycles. The van der Waals surface area contributed by atoms with Crippen LogP contribution < -0.4 is 10.6 Å². The number of benzene rings is 1. The van der Waals surface area contributed by atoms with Gasteiger partial charge in [0.05, 0.1) is 28.2 Å². The van der Waals surface area contributed by atoms with Gasteiger partial charge in [-0.1, -0.05) is 37.4 Å². The summed E-state index contributed by atoms with van der Waals surface area (Å²) in [5.41, 5.74) is 2.36. The minimum absolute atomic E-state index is 0.0826. The zero-order chi connectivity index (χ0) is 20.9. The van der Waals surface area contributed by atoms with E-state index in [1.165, 1.54) is 6.42 Å². The number of anilines is 1. The molecule has 5 rings (SSSR count). The van der Waals surface area contributed by atoms with Crippen molar-refractivity contribution in [1.82, 2.24) is 10.2 Å². The molecule has 7 heteroatoms. The maximum Gasteiger partial charge on any atom is 0.289 e. The zero-order valence-corrected chi connectivity index (χ0v) is 18.1. The number of fused-ring (bicyclic) bond motifs is 4. The zero-order valence-electron chi connectivity index (χ0n) is 17.4. The molecule has 1 spiro atoms. The van der Waals surface area contributed by atoms with Crippen molar-refractivity contribution in [3.8, 4) is 0 Å². The van der Waals surface area contributed by atoms with Gasteiger partial charge in [-0.2, -0.15) is 0 Å². The Morgan fingerprint density at radius 3 is 2.87 bits per heavy atom. The molecule has 6 nitrogen and oxygen atoms in total. The lowest BCUT2D eigenvalue weighted by molar-refractivity contribution is 0.0253. The van der Waals surface area contributed by atoms with Crippen LogP contribution in [0.3, 0.4) is 0 Å². The SMILES string of the molecule is C=C1Nc2c(Cl)cc3cc(C(=O)N4CCCC(OC)C4)oc3c2C2(CCCCC2)N1. The molecule has 2 aromatic rings. The number of piperidine rings is 1. The fraction of sp³-hybridized carbons (Fsp3) is 0.522. The molecule has 30 heavy (non-hydrogen) atoms. The number of ether oxygens (including phenoxy) is 1. The van der Waals surface area contributed by atoms with Crippen molar-refractivity contribution < 1.29 is 13.9 Å². The van der Waals surface area contributed by atoms with E-state index in [1.54, 1.807) is 7.11 Å². The molecule has 0 radical (unpaired) electrons. The highest BCUT2D eigenvalue weighted by atomic mass is 35.5. The molecular weight excluding hydrogens is 402 g/mol. The van der Waals surface area contributed by atoms with Gasteiger partial charge in [0.25, 0.3) is 5.91 Å². The summed E-state index contributed by atoms with van der Waals surface area (Å²) in [6, 6.07) is 3.71. The highest BCUT2D eigenvalue weighted by Crippen LogP contribution is 2.49. The Morgan fingerprint density at radius 1 is 1.30 bits per heavy atom. The molecule has 3 heterocycles. The molecule has 160 valence electrons. The number of methoxy groups -OCH3 is 1. The number of carbonyl (C=O) groups is 1. The third-order valence-electron chi connectivity index (χ3n) is 6.82. The summed E-state index contributed by atoms with van der Waals surface area (Å²) in [6.45, 7) is 5.43. The van der Waals surface area contributed by atoms with Crippen LogP contribution in [0.2, 0.25) is 5.02 Å². The van der Waals surface area contributed by atoms with Gasteiger partial charge in [-0.3, -0.25) is 4.79 Å². The summed E-state index contributed by atoms with van der Waals surface area (Å²) in [7, 11) is 1.70. The van der Waals surface area contributed by atoms with Crippen LogP contribution in [0.15, 0.2) is 28.9 Å². The van der Waals surface area contributed by atoms with Crippen molar-refractivity contribution in [2.45, 2.75) is 56.6 Å². The predicted molar refractivity (Wildman–Crippen MR) is 118 cm³/mol. The number of amides is 1. The number of nitrogens with one attached hydrogen (secondary N) is 2. The monoisotopic (exact) mass is 429 g/mol. The average Bonchev–Trinajstić information content (AvgIpc) is 3.17. The Morgan fingerprint density at radius 2 is 2.10 bits per heavy atom. The molecule has 1 unspecified atom stereocenters. The molecule has 2 N–H and O–H groups in total. The van der Waals surface area contributed by atoms with E-state index in [9.17, 15) is 4.79 Å². The molecule has 1 atom stereocenters. The van der Waals surface area contributed by atoms with E-state index in [0.29, 0.717) is 17.3 Å². The van der Waals surface area contributed by atoms with Crippen molar-refractivity contribution in [2.75, 3.05) is 25.5 Å². The van der Waals surface area contributed by atoms with Gasteiger partial charge in [0.2, 0.25) is 0 Å². The molecule has 1 aromatic carbocycles. The van der Waals surface area contributed by atoms with Crippen molar-refractivity contribution in [3.63, 3.8) is 0 Å². The quantitative estimate of drug-likeness (QED) is 0.704. The lowest BCUT2D eigenvalue weighted by Crippen LogP contribution is -2.48. The molecule has 1 aliphatic carbocycles. The van der Waals surface area contributed by atoms with E-state index in [1.807, 2.05) is 17.0 Å². The van der Waals surface area contributed by atoms with Gasteiger partial charge < -0.3 is 24.7 Å². The predicted octanol–water partition coefficient (Wildman–Crippen LogP) is 4.98. The third kappa shape index (κ3) is 3.17. The summed E-state index contributed by atoms with van der Waals surface area (Å²) in [5, 5.41) is 8.38. The fourth-order valence-electron chi connectivity index (χ4n) is 5.37. The first-order valence-electron chi connectivity index (χ1n) is 10.8. The number of carbonyl (C=O) groups excluding carboxylic acids is 1. The standard InChI is InChI=1S/C23H28ClN3O3/c1-14-25-20-17(24)11-15-12-18(22(28)27-10-6-7-16(13-27)29-2)30-21(15)19(20)23(26-14)8-4-3-5-9-23/h11-12,16,25-26H,1,3-10,13H2,2H3. The first kappa shape index (κ1) is 19.8. The number of likely N-dealkylation sites (tertiary alicyclic amines) is 1. The lowest BCUT2D eigenvalue weighted by atomic mass is 9.74. The first-order chi connectivity index (χ1) is 14.5. The Kier molecular flexibility index (Phi) is 4.94. The second-order valence-corrected chi connectivity index (χ2v) is 9.17. The van der Waals surface area contributed by atoms with Gasteiger partial charge in [-0.05, 0) is 37.8 Å². The molecule has 2 fully saturated rings. The summed E-state index contributed by atoms with van der Waals surface area (Å²) in [4.78, 5) is 15.0. The molecule has 3 aliphatic rings. The minimum Gasteiger partial charge on any atom is -0.450 e. The number of hydrogen-bond donors (Lipinski definition) is 2. The van der Waals surface area contributed by atoms with Crippen LogP contribution in [0, 0.1) is 0 Å². The maximum absolute atomic E-state index is 13.2. The highest BCUT2D eigenvalue weighted by molar-refractivity contribution is 6.34. The van der Waals surface area contributed by atoms with E-state index in [4.69, 9.17) is 20.8 Å². The number of hydrogen-bond acceptors (Lipinski definition) is 5. The van der Waals surface area contributed by atoms with Gasteiger partial charge in [-0.25, -0.2) is 0 Å². The van der Waals surface area contributed by atoms with Gasteiger partial charge in [0.1, 0.15) is 5.58 Å². The summed E-state index contributed by atoms with van der Waals surface area (Å²) in [6.07, 6.45) is 7.46. The van der Waals surface area contributed by atoms with Crippen LogP contribution in [-0.2, 0) is 10.3 Å². The molecule has 1 saturated carbocycles. The second-order valence-electron chi connectivity index (χ2n) is 8.76. The summed E-state index contributed by atoms with van der Waals surface area (Å²) in [5.74, 6) is 1.03. The fourth-order valence-corrected chi connectivity index (χ4v) is 5.63. The molecule has 1 saturated heterocycles. The van der Waals surface area contributed by atoms with Crippen LogP contribution >= 0.6 is 11.6 Å². The Hall–Kier alpha value is -2.18. The average molecular weight is 430 g/mol. The van der Waals surface area contributed by atoms with Gasteiger partial charge >= 0.3 is 0 Å². The molecule has 1 aromatic heterocycles. The number of rotatable bonds is 2. The van der Waals surface area contributed by atoms with Gasteiger partial charge in [0.15, 0.2) is 5.76 Å². The van der Waals surface area contributed by atoms with Gasteiger partial charge in [0, 0.05) is 31.1 Å². The molecule has 1 amide bonds. The topological polar surface area (TPSA) is 66.7 Å². The molecular formula is C23H28ClN3O3. The smallest absolute Gasteiger partial charge is 0.289 e. The number of furan rings is 1. The Balaban J connectivity index is 1.59. The highest BCUT2D eigenvalue weighted by Gasteiger charge is 2.42. The number of halogens is 1. The van der Waals surface area contributed by atoms with Crippen molar-refractivity contribution >= 4 is 34.2 Å². The Bertz CT molecular complexity index is 1010. The second kappa shape index (κ2) is 7.50. The van der Waals surface area contributed by atoms with Crippen LogP contribution in [0.4, 0.5) is 5.69 Å². The van der Waals surface area contributed by atoms with E-state index in [2.05, 4.69) is 17.2 Å². The van der Waals surface area contributed by atoms with Crippen LogP contribution in [0.1, 0.15) is 61.1 Å². The third-order valence-corrected chi connectivity index (χ3v) is 7.12. The van der Waals surface area contributed by atoms with Crippen LogP contribution in [0.5, 0.6) is 0 Å². The minimum atomic E-state index is -0.260. The summed E-state index contributed by atoms with van der Waals surface area (Å²) < 4.78 is 11.7. The number of nitrogens with zero attached hydrogens (tertiary/aromatic N) is 1. The summed E-state index contributed by atoms with van der Waals surface area (Å²) >= 11 is 6.68. The van der Waals surface area contributed by atoms with E-state index >= 15 is 0 Å². The molecule has 0 bridgehead atoms. The van der Waals surface area contributed by atoms with E-state index in [0.717, 1.165) is 73.1 Å². The first-order valence-corrected chi connectivity index (χ1v) is 11.2. The van der Waals surface area contributed by atoms with Gasteiger partial charge in [-0.15, -0.1) is 0 Å². The van der Waals surface area contributed by atoms with E-state index in [-0.39, 0.29) is 17.6 Å². The van der Waals surface area contributed by atoms with Crippen molar-refractivity contribution in [3.05, 3.63) is 40.9 Å². The van der Waals surface area contributed by atoms with E-state index < -0.39 is 0 Å². The van der Waals surface area contributed by atoms with Crippen LogP contribution in [0.25, 0.3) is 11.0 Å². The Labute approximate surface area is 181 Å². The van der Waals surface area contributed by atoms with Crippen molar-refractivity contribution in [1.29, 1.82) is 0 Å². The lowest BCUT2D eigenvalue weighted by Gasteiger charge is -2.44. The van der Waals surface area contributed by atoms with Crippen LogP contribution in [-0.4, -0.2) is 37.1 Å².